The van der Waals surface area contributed by atoms with Crippen LogP contribution in [0.15, 0.2) is 27.6 Å². The number of carbonyl (C=O) groups excluding carboxylic acids is 1. The molecule has 0 atom stereocenters. The van der Waals surface area contributed by atoms with Crippen LogP contribution in [0, 0.1) is 0 Å². The van der Waals surface area contributed by atoms with Crippen molar-refractivity contribution in [3.8, 4) is 0 Å². The minimum absolute atomic E-state index is 0.346. The largest absolute Gasteiger partial charge is 0.431 e. The van der Waals surface area contributed by atoms with E-state index in [1.165, 1.54) is 6.07 Å². The molecular formula is C9H7F3O3. The van der Waals surface area contributed by atoms with Gasteiger partial charge in [0.05, 0.1) is 12.7 Å². The first kappa shape index (κ1) is 11.5. The molecule has 0 aliphatic carbocycles. The normalized spacial score (nSPS) is 11.4. The fraction of sp³-hybridized carbons (Fsp3) is 0.333. The molecule has 0 bridgehead atoms. The summed E-state index contributed by atoms with van der Waals surface area (Å²) >= 11 is 0. The molecule has 15 heavy (non-hydrogen) atoms. The monoisotopic (exact) mass is 220 g/mol. The Hall–Kier alpha value is -1.59. The quantitative estimate of drug-likeness (QED) is 0.733. The second-order valence-electron chi connectivity index (χ2n) is 2.85. The molecule has 0 N–H and O–H groups in total. The first-order chi connectivity index (χ1) is 6.90. The summed E-state index contributed by atoms with van der Waals surface area (Å²) in [6.45, 7) is 0. The Labute approximate surface area is 82.5 Å². The van der Waals surface area contributed by atoms with Gasteiger partial charge in [-0.15, -0.1) is 0 Å². The van der Waals surface area contributed by atoms with Crippen molar-refractivity contribution in [2.24, 2.45) is 0 Å². The van der Waals surface area contributed by atoms with Crippen molar-refractivity contribution in [3.63, 3.8) is 0 Å². The van der Waals surface area contributed by atoms with Crippen molar-refractivity contribution < 1.29 is 22.4 Å². The van der Waals surface area contributed by atoms with Crippen molar-refractivity contribution in [1.82, 2.24) is 0 Å². The number of hydrogen-bond acceptors (Lipinski definition) is 3. The lowest BCUT2D eigenvalue weighted by atomic mass is 10.1. The molecular weight excluding hydrogens is 213 g/mol. The number of rotatable bonds is 3. The lowest BCUT2D eigenvalue weighted by Gasteiger charge is -2.04. The molecule has 0 saturated carbocycles. The van der Waals surface area contributed by atoms with Crippen LogP contribution in [0.3, 0.4) is 0 Å². The van der Waals surface area contributed by atoms with Crippen molar-refractivity contribution in [3.05, 3.63) is 34.4 Å². The van der Waals surface area contributed by atoms with E-state index in [0.717, 1.165) is 12.3 Å². The molecule has 1 aromatic rings. The van der Waals surface area contributed by atoms with Gasteiger partial charge < -0.3 is 4.42 Å². The Morgan fingerprint density at radius 3 is 2.60 bits per heavy atom. The number of alkyl halides is 3. The average molecular weight is 220 g/mol. The van der Waals surface area contributed by atoms with E-state index in [0.29, 0.717) is 0 Å². The Bertz CT molecular complexity index is 406. The van der Waals surface area contributed by atoms with Crippen LogP contribution in [0.5, 0.6) is 0 Å². The van der Waals surface area contributed by atoms with E-state index in [1.54, 1.807) is 0 Å². The minimum Gasteiger partial charge on any atom is -0.431 e. The predicted molar refractivity (Wildman–Crippen MR) is 44.6 cm³/mol. The maximum absolute atomic E-state index is 11.8. The van der Waals surface area contributed by atoms with Crippen LogP contribution in [0.4, 0.5) is 13.2 Å². The first-order valence-electron chi connectivity index (χ1n) is 4.08. The molecule has 1 heterocycles. The summed E-state index contributed by atoms with van der Waals surface area (Å²) in [7, 11) is 0. The molecule has 0 saturated heterocycles. The zero-order valence-corrected chi connectivity index (χ0v) is 7.50. The smallest absolute Gasteiger partial charge is 0.389 e. The summed E-state index contributed by atoms with van der Waals surface area (Å²) in [6.07, 6.45) is -5.31. The van der Waals surface area contributed by atoms with Gasteiger partial charge in [-0.2, -0.15) is 13.2 Å². The molecule has 1 aromatic heterocycles. The van der Waals surface area contributed by atoms with Crippen LogP contribution in [0.1, 0.15) is 23.2 Å². The van der Waals surface area contributed by atoms with E-state index in [-0.39, 0.29) is 5.56 Å². The molecule has 0 amide bonds. The zero-order chi connectivity index (χ0) is 11.5. The Morgan fingerprint density at radius 1 is 1.40 bits per heavy atom. The van der Waals surface area contributed by atoms with Gasteiger partial charge in [-0.1, -0.05) is 0 Å². The van der Waals surface area contributed by atoms with Crippen LogP contribution in [-0.2, 0) is 0 Å². The third kappa shape index (κ3) is 3.57. The lowest BCUT2D eigenvalue weighted by molar-refractivity contribution is -0.133. The van der Waals surface area contributed by atoms with Crippen LogP contribution in [0.2, 0.25) is 0 Å². The van der Waals surface area contributed by atoms with Crippen LogP contribution in [-0.4, -0.2) is 12.0 Å². The molecule has 0 radical (unpaired) electrons. The van der Waals surface area contributed by atoms with Crippen molar-refractivity contribution in [2.45, 2.75) is 19.0 Å². The van der Waals surface area contributed by atoms with Crippen molar-refractivity contribution >= 4 is 5.78 Å². The number of ketones is 1. The minimum atomic E-state index is -4.40. The van der Waals surface area contributed by atoms with E-state index >= 15 is 0 Å². The summed E-state index contributed by atoms with van der Waals surface area (Å²) < 4.78 is 39.7. The number of carbonyl (C=O) groups is 1. The molecule has 0 unspecified atom stereocenters. The van der Waals surface area contributed by atoms with E-state index < -0.39 is 30.4 Å². The summed E-state index contributed by atoms with van der Waals surface area (Å²) in [6, 6.07) is 2.42. The second-order valence-corrected chi connectivity index (χ2v) is 2.85. The highest BCUT2D eigenvalue weighted by Crippen LogP contribution is 2.22. The fourth-order valence-corrected chi connectivity index (χ4v) is 0.965. The van der Waals surface area contributed by atoms with Gasteiger partial charge in [0, 0.05) is 6.42 Å². The maximum atomic E-state index is 11.8. The molecule has 0 spiro atoms. The van der Waals surface area contributed by atoms with E-state index in [1.807, 2.05) is 0 Å². The van der Waals surface area contributed by atoms with Gasteiger partial charge in [-0.25, -0.2) is 4.79 Å². The summed E-state index contributed by atoms with van der Waals surface area (Å²) in [5.41, 5.74) is -1.26. The standard InChI is InChI=1S/C9H7F3O3/c10-9(11,12)4-3-7(13)6-2-1-5-15-8(6)14/h1-2,5H,3-4H2. The number of hydrogen-bond donors (Lipinski definition) is 0. The molecule has 82 valence electrons. The first-order valence-corrected chi connectivity index (χ1v) is 4.08. The predicted octanol–water partition coefficient (Wildman–Crippen LogP) is 2.17. The molecule has 3 nitrogen and oxygen atoms in total. The Balaban J connectivity index is 2.71. The maximum Gasteiger partial charge on any atom is 0.389 e. The van der Waals surface area contributed by atoms with Gasteiger partial charge in [-0.3, -0.25) is 4.79 Å². The highest BCUT2D eigenvalue weighted by atomic mass is 19.4. The van der Waals surface area contributed by atoms with Crippen molar-refractivity contribution in [1.29, 1.82) is 0 Å². The highest BCUT2D eigenvalue weighted by Gasteiger charge is 2.28. The van der Waals surface area contributed by atoms with Gasteiger partial charge >= 0.3 is 11.8 Å². The Morgan fingerprint density at radius 2 is 2.07 bits per heavy atom. The molecule has 0 fully saturated rings. The fourth-order valence-electron chi connectivity index (χ4n) is 0.965. The average Bonchev–Trinajstić information content (AvgIpc) is 2.14. The van der Waals surface area contributed by atoms with Gasteiger partial charge in [0.15, 0.2) is 5.78 Å². The summed E-state index contributed by atoms with van der Waals surface area (Å²) in [4.78, 5) is 22.1. The molecule has 0 aromatic carbocycles. The molecule has 1 rings (SSSR count). The third-order valence-corrected chi connectivity index (χ3v) is 1.67. The van der Waals surface area contributed by atoms with Crippen molar-refractivity contribution in [2.75, 3.05) is 0 Å². The van der Waals surface area contributed by atoms with E-state index in [2.05, 4.69) is 4.42 Å². The number of halogens is 3. The SMILES string of the molecule is O=C(CCC(F)(F)F)c1cccoc1=O. The van der Waals surface area contributed by atoms with Gasteiger partial charge in [0.2, 0.25) is 0 Å². The summed E-state index contributed by atoms with van der Waals surface area (Å²) in [5, 5.41) is 0. The van der Waals surface area contributed by atoms with Crippen LogP contribution in [0.25, 0.3) is 0 Å². The molecule has 0 aliphatic heterocycles. The molecule has 0 aliphatic rings. The lowest BCUT2D eigenvalue weighted by Crippen LogP contribution is -2.16. The van der Waals surface area contributed by atoms with Crippen LogP contribution >= 0.6 is 0 Å². The van der Waals surface area contributed by atoms with E-state index in [9.17, 15) is 22.8 Å². The van der Waals surface area contributed by atoms with Gasteiger partial charge in [0.1, 0.15) is 5.56 Å². The molecule has 6 heteroatoms. The highest BCUT2D eigenvalue weighted by molar-refractivity contribution is 5.95. The number of Topliss-reactive ketones (excluding diaryl/α,β-unsaturated/α-hetero) is 1. The second kappa shape index (κ2) is 4.29. The van der Waals surface area contributed by atoms with Gasteiger partial charge in [0.25, 0.3) is 0 Å². The Kier molecular flexibility index (Phi) is 3.28. The van der Waals surface area contributed by atoms with Gasteiger partial charge in [-0.05, 0) is 12.1 Å². The third-order valence-electron chi connectivity index (χ3n) is 1.67. The van der Waals surface area contributed by atoms with Crippen LogP contribution < -0.4 is 5.63 Å². The summed E-state index contributed by atoms with van der Waals surface area (Å²) in [5.74, 6) is -0.860. The zero-order valence-electron chi connectivity index (χ0n) is 7.50. The van der Waals surface area contributed by atoms with E-state index in [4.69, 9.17) is 0 Å². The topological polar surface area (TPSA) is 47.3 Å².